The molecule has 1 fully saturated rings. The molecule has 0 amide bonds. The summed E-state index contributed by atoms with van der Waals surface area (Å²) >= 11 is 0. The first kappa shape index (κ1) is 20.3. The van der Waals surface area contributed by atoms with E-state index in [1.54, 1.807) is 12.1 Å². The first-order chi connectivity index (χ1) is 11.4. The molecule has 0 spiro atoms. The zero-order valence-corrected chi connectivity index (χ0v) is 14.7. The van der Waals surface area contributed by atoms with E-state index in [1.165, 1.54) is 44.6 Å². The van der Waals surface area contributed by atoms with Crippen LogP contribution in [0.2, 0.25) is 0 Å². The fourth-order valence-electron chi connectivity index (χ4n) is 2.57. The lowest BCUT2D eigenvalue weighted by Crippen LogP contribution is -2.09. The second-order valence-corrected chi connectivity index (χ2v) is 5.74. The van der Waals surface area contributed by atoms with Crippen molar-refractivity contribution in [3.63, 3.8) is 0 Å². The lowest BCUT2D eigenvalue weighted by atomic mass is 10.0. The van der Waals surface area contributed by atoms with Gasteiger partial charge in [-0.05, 0) is 25.1 Å². The number of anilines is 1. The molecule has 1 saturated carbocycles. The molecule has 0 saturated heterocycles. The zero-order chi connectivity index (χ0) is 18.2. The molecule has 0 radical (unpaired) electrons. The number of alkyl halides is 3. The van der Waals surface area contributed by atoms with Crippen LogP contribution in [-0.4, -0.2) is 4.98 Å². The highest BCUT2D eigenvalue weighted by Crippen LogP contribution is 2.32. The molecule has 0 unspecified atom stereocenters. The van der Waals surface area contributed by atoms with Gasteiger partial charge in [-0.2, -0.15) is 13.2 Å². The Kier molecular flexibility index (Phi) is 8.02. The molecular weight excluding hydrogens is 313 g/mol. The molecule has 0 atom stereocenters. The third-order valence-corrected chi connectivity index (χ3v) is 3.79. The van der Waals surface area contributed by atoms with Crippen molar-refractivity contribution in [1.29, 1.82) is 0 Å². The number of pyridine rings is 1. The highest BCUT2D eigenvalue weighted by Gasteiger charge is 2.33. The molecule has 2 N–H and O–H groups in total. The highest BCUT2D eigenvalue weighted by atomic mass is 19.4. The second kappa shape index (κ2) is 9.50. The van der Waals surface area contributed by atoms with Gasteiger partial charge in [-0.1, -0.05) is 64.0 Å². The number of rotatable bonds is 0. The van der Waals surface area contributed by atoms with Crippen LogP contribution in [0.5, 0.6) is 0 Å². The minimum atomic E-state index is -4.47. The van der Waals surface area contributed by atoms with Crippen molar-refractivity contribution in [2.24, 2.45) is 0 Å². The van der Waals surface area contributed by atoms with Crippen molar-refractivity contribution in [3.8, 4) is 0 Å². The Morgan fingerprint density at radius 1 is 0.917 bits per heavy atom. The SMILES string of the molecule is C1CCCCC1.CC.Cc1ccc2nc(C(F)(F)F)cc(N)c2c1. The minimum Gasteiger partial charge on any atom is -0.398 e. The van der Waals surface area contributed by atoms with Gasteiger partial charge >= 0.3 is 6.18 Å². The number of hydrogen-bond donors (Lipinski definition) is 1. The molecule has 1 aliphatic carbocycles. The van der Waals surface area contributed by atoms with Crippen molar-refractivity contribution in [3.05, 3.63) is 35.5 Å². The molecule has 0 bridgehead atoms. The summed E-state index contributed by atoms with van der Waals surface area (Å²) in [7, 11) is 0. The van der Waals surface area contributed by atoms with Crippen molar-refractivity contribution in [2.75, 3.05) is 5.73 Å². The predicted molar refractivity (Wildman–Crippen MR) is 94.9 cm³/mol. The third-order valence-electron chi connectivity index (χ3n) is 3.79. The van der Waals surface area contributed by atoms with E-state index >= 15 is 0 Å². The Hall–Kier alpha value is -1.78. The predicted octanol–water partition coefficient (Wildman–Crippen LogP) is 6.51. The average Bonchev–Trinajstić information content (AvgIpc) is 2.58. The number of fused-ring (bicyclic) bond motifs is 1. The van der Waals surface area contributed by atoms with Crippen LogP contribution in [0.25, 0.3) is 10.9 Å². The zero-order valence-electron chi connectivity index (χ0n) is 14.7. The van der Waals surface area contributed by atoms with Gasteiger partial charge in [0.15, 0.2) is 0 Å². The van der Waals surface area contributed by atoms with Gasteiger partial charge < -0.3 is 5.73 Å². The number of hydrogen-bond acceptors (Lipinski definition) is 2. The lowest BCUT2D eigenvalue weighted by Gasteiger charge is -2.09. The number of benzene rings is 1. The van der Waals surface area contributed by atoms with Crippen LogP contribution in [0.1, 0.15) is 63.6 Å². The molecule has 3 rings (SSSR count). The molecule has 5 heteroatoms. The van der Waals surface area contributed by atoms with E-state index in [-0.39, 0.29) is 11.2 Å². The van der Waals surface area contributed by atoms with Crippen LogP contribution in [0, 0.1) is 6.92 Å². The summed E-state index contributed by atoms with van der Waals surface area (Å²) in [6.07, 6.45) is 4.53. The number of halogens is 3. The lowest BCUT2D eigenvalue weighted by molar-refractivity contribution is -0.140. The van der Waals surface area contributed by atoms with Crippen molar-refractivity contribution in [2.45, 2.75) is 65.5 Å². The molecule has 134 valence electrons. The Morgan fingerprint density at radius 3 is 1.88 bits per heavy atom. The molecular formula is C19H27F3N2. The first-order valence-electron chi connectivity index (χ1n) is 8.62. The Bertz CT molecular complexity index is 621. The topological polar surface area (TPSA) is 38.9 Å². The van der Waals surface area contributed by atoms with Gasteiger partial charge in [-0.3, -0.25) is 0 Å². The van der Waals surface area contributed by atoms with E-state index in [9.17, 15) is 13.2 Å². The fourth-order valence-corrected chi connectivity index (χ4v) is 2.57. The van der Waals surface area contributed by atoms with E-state index in [1.807, 2.05) is 20.8 Å². The molecule has 1 aliphatic rings. The molecule has 0 aliphatic heterocycles. The highest BCUT2D eigenvalue weighted by molar-refractivity contribution is 5.90. The maximum absolute atomic E-state index is 12.5. The van der Waals surface area contributed by atoms with Crippen LogP contribution in [0.15, 0.2) is 24.3 Å². The average molecular weight is 340 g/mol. The summed E-state index contributed by atoms with van der Waals surface area (Å²) in [6, 6.07) is 5.82. The molecule has 1 heterocycles. The van der Waals surface area contributed by atoms with E-state index in [2.05, 4.69) is 4.98 Å². The van der Waals surface area contributed by atoms with Crippen molar-refractivity contribution < 1.29 is 13.2 Å². The van der Waals surface area contributed by atoms with Gasteiger partial charge in [0.2, 0.25) is 0 Å². The van der Waals surface area contributed by atoms with Gasteiger partial charge in [0.25, 0.3) is 0 Å². The van der Waals surface area contributed by atoms with Crippen LogP contribution >= 0.6 is 0 Å². The number of aromatic nitrogens is 1. The van der Waals surface area contributed by atoms with Gasteiger partial charge in [0.1, 0.15) is 5.69 Å². The summed E-state index contributed by atoms with van der Waals surface area (Å²) in [6.45, 7) is 5.84. The summed E-state index contributed by atoms with van der Waals surface area (Å²) in [4.78, 5) is 3.54. The van der Waals surface area contributed by atoms with Crippen LogP contribution in [0.3, 0.4) is 0 Å². The minimum absolute atomic E-state index is 0.0982. The smallest absolute Gasteiger partial charge is 0.398 e. The van der Waals surface area contributed by atoms with Crippen LogP contribution in [0.4, 0.5) is 18.9 Å². The number of nitrogens with two attached hydrogens (primary N) is 1. The summed E-state index contributed by atoms with van der Waals surface area (Å²) in [5.74, 6) is 0. The van der Waals surface area contributed by atoms with E-state index in [0.29, 0.717) is 5.39 Å². The number of aryl methyl sites for hydroxylation is 1. The van der Waals surface area contributed by atoms with E-state index in [0.717, 1.165) is 11.6 Å². The van der Waals surface area contributed by atoms with Gasteiger partial charge in [-0.15, -0.1) is 0 Å². The Balaban J connectivity index is 0.000000300. The monoisotopic (exact) mass is 340 g/mol. The van der Waals surface area contributed by atoms with Crippen molar-refractivity contribution >= 4 is 16.6 Å². The molecule has 1 aromatic heterocycles. The Labute approximate surface area is 142 Å². The maximum atomic E-state index is 12.5. The largest absolute Gasteiger partial charge is 0.433 e. The molecule has 1 aromatic carbocycles. The number of nitrogens with zero attached hydrogens (tertiary/aromatic N) is 1. The fraction of sp³-hybridized carbons (Fsp3) is 0.526. The molecule has 2 aromatic rings. The van der Waals surface area contributed by atoms with Crippen LogP contribution < -0.4 is 5.73 Å². The first-order valence-corrected chi connectivity index (χ1v) is 8.62. The Morgan fingerprint density at radius 2 is 1.42 bits per heavy atom. The van der Waals surface area contributed by atoms with Crippen LogP contribution in [-0.2, 0) is 6.18 Å². The summed E-state index contributed by atoms with van der Waals surface area (Å²) < 4.78 is 37.4. The third kappa shape index (κ3) is 6.02. The molecule has 2 nitrogen and oxygen atoms in total. The normalized spacial score (nSPS) is 14.2. The quantitative estimate of drug-likeness (QED) is 0.593. The number of nitrogen functional groups attached to an aromatic ring is 1. The van der Waals surface area contributed by atoms with Gasteiger partial charge in [0.05, 0.1) is 5.52 Å². The molecule has 24 heavy (non-hydrogen) atoms. The van der Waals surface area contributed by atoms with Gasteiger partial charge in [0, 0.05) is 11.1 Å². The van der Waals surface area contributed by atoms with Gasteiger partial charge in [-0.25, -0.2) is 4.98 Å². The van der Waals surface area contributed by atoms with E-state index in [4.69, 9.17) is 5.73 Å². The maximum Gasteiger partial charge on any atom is 0.433 e. The second-order valence-electron chi connectivity index (χ2n) is 5.74. The summed E-state index contributed by atoms with van der Waals surface area (Å²) in [5, 5.41) is 0.549. The van der Waals surface area contributed by atoms with Crippen molar-refractivity contribution in [1.82, 2.24) is 4.98 Å². The van der Waals surface area contributed by atoms with E-state index < -0.39 is 11.9 Å². The summed E-state index contributed by atoms with van der Waals surface area (Å²) in [5.41, 5.74) is 5.92. The standard InChI is InChI=1S/C11H9F3N2.C6H12.C2H6/c1-6-2-3-9-7(4-6)8(15)5-10(16-9)11(12,13)14;1-2-4-6-5-3-1;1-2/h2-5H,1H3,(H2,15,16);1-6H2;1-2H3.